The number of rotatable bonds is 6. The zero-order valence-electron chi connectivity index (χ0n) is 11.5. The van der Waals surface area contributed by atoms with Gasteiger partial charge in [-0.25, -0.2) is 0 Å². The Bertz CT molecular complexity index is 255. The molecule has 2 unspecified atom stereocenters. The van der Waals surface area contributed by atoms with E-state index in [0.29, 0.717) is 6.04 Å². The molecule has 0 bridgehead atoms. The number of terminal acetylenes is 1. The molecule has 2 atom stereocenters. The molecule has 0 aromatic rings. The molecule has 0 spiro atoms. The summed E-state index contributed by atoms with van der Waals surface area (Å²) in [6, 6.07) is 0.446. The molecule has 1 N–H and O–H groups in total. The van der Waals surface area contributed by atoms with E-state index in [2.05, 4.69) is 30.0 Å². The van der Waals surface area contributed by atoms with Gasteiger partial charge in [0.05, 0.1) is 13.2 Å². The van der Waals surface area contributed by atoms with Gasteiger partial charge in [-0.05, 0) is 26.8 Å². The first-order valence-corrected chi connectivity index (χ1v) is 6.62. The topological polar surface area (TPSA) is 24.5 Å². The van der Waals surface area contributed by atoms with Crippen LogP contribution in [0.2, 0.25) is 0 Å². The maximum atomic E-state index is 5.44. The number of morpholine rings is 1. The van der Waals surface area contributed by atoms with E-state index in [9.17, 15) is 0 Å². The molecular formula is C14H26N2O. The van der Waals surface area contributed by atoms with Gasteiger partial charge in [0.2, 0.25) is 0 Å². The molecule has 98 valence electrons. The van der Waals surface area contributed by atoms with Crippen molar-refractivity contribution in [3.05, 3.63) is 0 Å². The summed E-state index contributed by atoms with van der Waals surface area (Å²) in [6.45, 7) is 8.35. The lowest BCUT2D eigenvalue weighted by Crippen LogP contribution is -2.61. The summed E-state index contributed by atoms with van der Waals surface area (Å²) in [4.78, 5) is 2.55. The molecule has 0 aliphatic carbocycles. The van der Waals surface area contributed by atoms with Gasteiger partial charge in [0.25, 0.3) is 0 Å². The highest BCUT2D eigenvalue weighted by Crippen LogP contribution is 2.27. The Morgan fingerprint density at radius 3 is 2.59 bits per heavy atom. The minimum Gasteiger partial charge on any atom is -0.379 e. The summed E-state index contributed by atoms with van der Waals surface area (Å²) >= 11 is 0. The number of likely N-dealkylation sites (N-methyl/N-ethyl adjacent to an activating group) is 1. The third-order valence-corrected chi connectivity index (χ3v) is 4.13. The number of nitrogens with one attached hydrogen (secondary N) is 1. The quantitative estimate of drug-likeness (QED) is 0.710. The Morgan fingerprint density at radius 1 is 1.47 bits per heavy atom. The predicted molar refractivity (Wildman–Crippen MR) is 72.0 cm³/mol. The lowest BCUT2D eigenvalue weighted by molar-refractivity contribution is -0.0322. The van der Waals surface area contributed by atoms with Crippen molar-refractivity contribution in [2.24, 2.45) is 0 Å². The molecule has 1 saturated heterocycles. The van der Waals surface area contributed by atoms with Gasteiger partial charge in [-0.15, -0.1) is 12.3 Å². The first-order chi connectivity index (χ1) is 8.19. The van der Waals surface area contributed by atoms with Crippen molar-refractivity contribution < 1.29 is 4.74 Å². The molecule has 1 rings (SSSR count). The van der Waals surface area contributed by atoms with Crippen LogP contribution in [-0.2, 0) is 4.74 Å². The lowest BCUT2D eigenvalue weighted by Gasteiger charge is -2.47. The lowest BCUT2D eigenvalue weighted by atomic mass is 9.84. The Morgan fingerprint density at radius 2 is 2.12 bits per heavy atom. The Kier molecular flexibility index (Phi) is 5.97. The first kappa shape index (κ1) is 14.5. The fraction of sp³-hybridized carbons (Fsp3) is 0.857. The second-order valence-electron chi connectivity index (χ2n) is 4.89. The van der Waals surface area contributed by atoms with Crippen LogP contribution in [0.5, 0.6) is 0 Å². The number of hydrogen-bond acceptors (Lipinski definition) is 3. The number of hydrogen-bond donors (Lipinski definition) is 1. The smallest absolute Gasteiger partial charge is 0.0594 e. The van der Waals surface area contributed by atoms with Gasteiger partial charge in [-0.3, -0.25) is 4.90 Å². The van der Waals surface area contributed by atoms with Gasteiger partial charge >= 0.3 is 0 Å². The van der Waals surface area contributed by atoms with Crippen LogP contribution >= 0.6 is 0 Å². The minimum absolute atomic E-state index is 0.176. The highest BCUT2D eigenvalue weighted by atomic mass is 16.5. The third kappa shape index (κ3) is 3.45. The van der Waals surface area contributed by atoms with Crippen LogP contribution in [0.4, 0.5) is 0 Å². The summed E-state index contributed by atoms with van der Waals surface area (Å²) in [5, 5.41) is 3.45. The molecule has 1 aliphatic heterocycles. The van der Waals surface area contributed by atoms with Crippen molar-refractivity contribution in [3.63, 3.8) is 0 Å². The van der Waals surface area contributed by atoms with Gasteiger partial charge in [-0.2, -0.15) is 0 Å². The molecule has 1 fully saturated rings. The molecule has 0 saturated carbocycles. The van der Waals surface area contributed by atoms with Crippen molar-refractivity contribution in [1.29, 1.82) is 0 Å². The second kappa shape index (κ2) is 7.00. The van der Waals surface area contributed by atoms with Crippen LogP contribution in [0.3, 0.4) is 0 Å². The van der Waals surface area contributed by atoms with Crippen LogP contribution in [0.25, 0.3) is 0 Å². The van der Waals surface area contributed by atoms with Gasteiger partial charge in [0.1, 0.15) is 0 Å². The third-order valence-electron chi connectivity index (χ3n) is 4.13. The minimum atomic E-state index is 0.176. The van der Waals surface area contributed by atoms with Gasteiger partial charge in [0.15, 0.2) is 0 Å². The summed E-state index contributed by atoms with van der Waals surface area (Å²) in [6.07, 6.45) is 8.39. The van der Waals surface area contributed by atoms with Crippen molar-refractivity contribution in [2.45, 2.75) is 44.7 Å². The van der Waals surface area contributed by atoms with Crippen LogP contribution in [0, 0.1) is 12.3 Å². The van der Waals surface area contributed by atoms with E-state index >= 15 is 0 Å². The number of nitrogens with zero attached hydrogens (tertiary/aromatic N) is 1. The molecule has 3 nitrogen and oxygen atoms in total. The zero-order chi connectivity index (χ0) is 12.7. The van der Waals surface area contributed by atoms with Crippen LogP contribution in [0.15, 0.2) is 0 Å². The zero-order valence-corrected chi connectivity index (χ0v) is 11.5. The highest BCUT2D eigenvalue weighted by Gasteiger charge is 2.37. The fourth-order valence-electron chi connectivity index (χ4n) is 2.76. The summed E-state index contributed by atoms with van der Waals surface area (Å²) in [5.74, 6) is 2.75. The largest absolute Gasteiger partial charge is 0.379 e. The Labute approximate surface area is 106 Å². The maximum Gasteiger partial charge on any atom is 0.0594 e. The average molecular weight is 238 g/mol. The fourth-order valence-corrected chi connectivity index (χ4v) is 2.76. The average Bonchev–Trinajstić information content (AvgIpc) is 2.40. The second-order valence-corrected chi connectivity index (χ2v) is 4.89. The molecule has 3 heteroatoms. The van der Waals surface area contributed by atoms with Gasteiger partial charge in [0, 0.05) is 31.1 Å². The van der Waals surface area contributed by atoms with E-state index in [1.807, 2.05) is 7.05 Å². The molecule has 0 aromatic carbocycles. The van der Waals surface area contributed by atoms with E-state index in [0.717, 1.165) is 45.6 Å². The molecule has 17 heavy (non-hydrogen) atoms. The van der Waals surface area contributed by atoms with E-state index in [-0.39, 0.29) is 5.54 Å². The summed E-state index contributed by atoms with van der Waals surface area (Å²) < 4.78 is 5.44. The normalized spacial score (nSPS) is 22.7. The Hall–Kier alpha value is -0.560. The van der Waals surface area contributed by atoms with Crippen molar-refractivity contribution in [1.82, 2.24) is 10.2 Å². The van der Waals surface area contributed by atoms with E-state index in [1.165, 1.54) is 0 Å². The standard InChI is InChI=1S/C14H26N2O/c1-5-7-8-13(15-4)14(3,6-2)16-9-11-17-12-10-16/h1,13,15H,6-12H2,2-4H3. The summed E-state index contributed by atoms with van der Waals surface area (Å²) in [5.41, 5.74) is 0.176. The highest BCUT2D eigenvalue weighted by molar-refractivity contribution is 4.98. The monoisotopic (exact) mass is 238 g/mol. The first-order valence-electron chi connectivity index (χ1n) is 6.62. The van der Waals surface area contributed by atoms with Gasteiger partial charge in [-0.1, -0.05) is 6.92 Å². The maximum absolute atomic E-state index is 5.44. The molecule has 0 radical (unpaired) electrons. The molecule has 0 aromatic heterocycles. The Balaban J connectivity index is 2.72. The van der Waals surface area contributed by atoms with Crippen molar-refractivity contribution >= 4 is 0 Å². The van der Waals surface area contributed by atoms with Crippen LogP contribution in [0.1, 0.15) is 33.1 Å². The van der Waals surface area contributed by atoms with Crippen LogP contribution < -0.4 is 5.32 Å². The summed E-state index contributed by atoms with van der Waals surface area (Å²) in [7, 11) is 2.04. The predicted octanol–water partition coefficient (Wildman–Crippen LogP) is 1.49. The van der Waals surface area contributed by atoms with Crippen molar-refractivity contribution in [2.75, 3.05) is 33.4 Å². The number of ether oxygens (including phenoxy) is 1. The molecular weight excluding hydrogens is 212 g/mol. The van der Waals surface area contributed by atoms with Gasteiger partial charge < -0.3 is 10.1 Å². The van der Waals surface area contributed by atoms with E-state index in [1.54, 1.807) is 0 Å². The molecule has 1 heterocycles. The van der Waals surface area contributed by atoms with Crippen molar-refractivity contribution in [3.8, 4) is 12.3 Å². The van der Waals surface area contributed by atoms with E-state index < -0.39 is 0 Å². The molecule has 1 aliphatic rings. The molecule has 0 amide bonds. The SMILES string of the molecule is C#CCCC(NC)C(C)(CC)N1CCOCC1. The van der Waals surface area contributed by atoms with E-state index in [4.69, 9.17) is 11.2 Å². The van der Waals surface area contributed by atoms with Crippen LogP contribution in [-0.4, -0.2) is 49.8 Å².